The molecule has 0 saturated carbocycles. The van der Waals surface area contributed by atoms with Gasteiger partial charge in [-0.3, -0.25) is 4.79 Å². The smallest absolute Gasteiger partial charge is 0.237 e. The van der Waals surface area contributed by atoms with Crippen LogP contribution in [0.3, 0.4) is 0 Å². The highest BCUT2D eigenvalue weighted by atomic mass is 35.7. The lowest BCUT2D eigenvalue weighted by Gasteiger charge is -2.32. The highest BCUT2D eigenvalue weighted by molar-refractivity contribution is 8.14. The lowest BCUT2D eigenvalue weighted by atomic mass is 10.3. The van der Waals surface area contributed by atoms with Crippen LogP contribution in [0.5, 0.6) is 0 Å². The summed E-state index contributed by atoms with van der Waals surface area (Å²) in [7, 11) is 3.81. The van der Waals surface area contributed by atoms with Gasteiger partial charge in [-0.1, -0.05) is 0 Å². The number of rotatable bonds is 5. The largest absolute Gasteiger partial charge is 0.341 e. The Morgan fingerprint density at radius 3 is 2.40 bits per heavy atom. The molecule has 8 heteroatoms. The third-order valence-electron chi connectivity index (χ3n) is 4.08. The molecule has 2 aliphatic rings. The highest BCUT2D eigenvalue weighted by Crippen LogP contribution is 2.21. The first-order valence-corrected chi connectivity index (χ1v) is 9.35. The van der Waals surface area contributed by atoms with E-state index in [1.807, 2.05) is 0 Å². The van der Waals surface area contributed by atoms with Gasteiger partial charge in [-0.25, -0.2) is 8.42 Å². The molecular formula is C12H22ClN3O3S. The van der Waals surface area contributed by atoms with E-state index in [2.05, 4.69) is 16.8 Å². The van der Waals surface area contributed by atoms with E-state index >= 15 is 0 Å². The van der Waals surface area contributed by atoms with Crippen molar-refractivity contribution in [2.24, 2.45) is 0 Å². The van der Waals surface area contributed by atoms with Gasteiger partial charge in [0, 0.05) is 56.4 Å². The second-order valence-electron chi connectivity index (χ2n) is 5.64. The van der Waals surface area contributed by atoms with Crippen LogP contribution in [0.1, 0.15) is 12.8 Å². The molecule has 2 rings (SSSR count). The zero-order chi connectivity index (χ0) is 14.8. The van der Waals surface area contributed by atoms with Crippen LogP contribution in [-0.4, -0.2) is 87.1 Å². The maximum Gasteiger partial charge on any atom is 0.237 e. The summed E-state index contributed by atoms with van der Waals surface area (Å²) < 4.78 is 22.5. The van der Waals surface area contributed by atoms with E-state index in [4.69, 9.17) is 10.7 Å². The van der Waals surface area contributed by atoms with E-state index in [1.54, 1.807) is 4.90 Å². The third-order valence-corrected chi connectivity index (χ3v) is 5.94. The Kier molecular flexibility index (Phi) is 5.28. The van der Waals surface area contributed by atoms with Gasteiger partial charge >= 0.3 is 0 Å². The van der Waals surface area contributed by atoms with E-state index in [0.29, 0.717) is 6.54 Å². The van der Waals surface area contributed by atoms with Gasteiger partial charge in [-0.2, -0.15) is 0 Å². The van der Waals surface area contributed by atoms with Crippen molar-refractivity contribution in [3.05, 3.63) is 0 Å². The number of piperazine rings is 1. The highest BCUT2D eigenvalue weighted by Gasteiger charge is 2.36. The fraction of sp³-hybridized carbons (Fsp3) is 0.917. The van der Waals surface area contributed by atoms with E-state index < -0.39 is 14.3 Å². The van der Waals surface area contributed by atoms with Gasteiger partial charge in [0.15, 0.2) is 0 Å². The minimum absolute atomic E-state index is 0.0281. The van der Waals surface area contributed by atoms with Gasteiger partial charge < -0.3 is 14.7 Å². The van der Waals surface area contributed by atoms with Crippen LogP contribution in [-0.2, 0) is 13.8 Å². The van der Waals surface area contributed by atoms with Crippen molar-refractivity contribution in [3.63, 3.8) is 0 Å². The molecule has 2 saturated heterocycles. The molecule has 1 unspecified atom stereocenters. The van der Waals surface area contributed by atoms with Crippen molar-refractivity contribution >= 4 is 25.6 Å². The van der Waals surface area contributed by atoms with Crippen LogP contribution in [0.15, 0.2) is 0 Å². The Hall–Kier alpha value is -0.370. The van der Waals surface area contributed by atoms with Crippen molar-refractivity contribution in [2.75, 3.05) is 52.9 Å². The average molecular weight is 324 g/mol. The van der Waals surface area contributed by atoms with Gasteiger partial charge in [0.1, 0.15) is 5.25 Å². The van der Waals surface area contributed by atoms with Gasteiger partial charge in [0.05, 0.1) is 0 Å². The first-order chi connectivity index (χ1) is 9.36. The van der Waals surface area contributed by atoms with Crippen molar-refractivity contribution in [3.8, 4) is 0 Å². The summed E-state index contributed by atoms with van der Waals surface area (Å²) in [6, 6.07) is 0. The van der Waals surface area contributed by atoms with Crippen molar-refractivity contribution in [2.45, 2.75) is 18.1 Å². The first kappa shape index (κ1) is 16.0. The molecule has 2 fully saturated rings. The van der Waals surface area contributed by atoms with E-state index in [9.17, 15) is 13.2 Å². The quantitative estimate of drug-likeness (QED) is 0.655. The molecule has 2 heterocycles. The summed E-state index contributed by atoms with van der Waals surface area (Å²) in [5.74, 6) is -0.0994. The molecule has 20 heavy (non-hydrogen) atoms. The van der Waals surface area contributed by atoms with E-state index in [-0.39, 0.29) is 18.9 Å². The number of nitrogens with zero attached hydrogens (tertiary/aromatic N) is 3. The van der Waals surface area contributed by atoms with Gasteiger partial charge in [-0.05, 0) is 20.0 Å². The van der Waals surface area contributed by atoms with Gasteiger partial charge in [0.25, 0.3) is 0 Å². The van der Waals surface area contributed by atoms with Crippen molar-refractivity contribution in [1.82, 2.24) is 14.7 Å². The number of likely N-dealkylation sites (tertiary alicyclic amines) is 1. The predicted octanol–water partition coefficient (Wildman–Crippen LogP) is -0.207. The summed E-state index contributed by atoms with van der Waals surface area (Å²) in [5.41, 5.74) is 0. The van der Waals surface area contributed by atoms with Gasteiger partial charge in [0.2, 0.25) is 15.0 Å². The van der Waals surface area contributed by atoms with Crippen LogP contribution in [0.2, 0.25) is 0 Å². The predicted molar refractivity (Wildman–Crippen MR) is 78.3 cm³/mol. The molecule has 0 aliphatic carbocycles. The molecule has 6 nitrogen and oxygen atoms in total. The SMILES string of the molecule is CN1CCN(CCCN2CC(S(=O)(=O)Cl)CC2=O)CC1. The summed E-state index contributed by atoms with van der Waals surface area (Å²) in [6.07, 6.45) is 0.908. The maximum absolute atomic E-state index is 11.7. The Morgan fingerprint density at radius 1 is 1.20 bits per heavy atom. The Labute approximate surface area is 125 Å². The lowest BCUT2D eigenvalue weighted by Crippen LogP contribution is -2.45. The minimum atomic E-state index is -3.63. The molecule has 116 valence electrons. The average Bonchev–Trinajstić information content (AvgIpc) is 2.74. The summed E-state index contributed by atoms with van der Waals surface area (Å²) >= 11 is 0. The third kappa shape index (κ3) is 4.31. The molecule has 2 aliphatic heterocycles. The van der Waals surface area contributed by atoms with Gasteiger partial charge in [-0.15, -0.1) is 0 Å². The van der Waals surface area contributed by atoms with Crippen LogP contribution in [0, 0.1) is 0 Å². The van der Waals surface area contributed by atoms with E-state index in [0.717, 1.165) is 39.1 Å². The zero-order valence-corrected chi connectivity index (χ0v) is 13.4. The number of halogens is 1. The molecule has 1 atom stereocenters. The fourth-order valence-electron chi connectivity index (χ4n) is 2.70. The first-order valence-electron chi connectivity index (χ1n) is 6.98. The maximum atomic E-state index is 11.7. The summed E-state index contributed by atoms with van der Waals surface area (Å²) in [6.45, 7) is 6.09. The molecule has 0 bridgehead atoms. The van der Waals surface area contributed by atoms with Crippen LogP contribution in [0.4, 0.5) is 0 Å². The fourth-order valence-corrected chi connectivity index (χ4v) is 3.75. The molecular weight excluding hydrogens is 302 g/mol. The minimum Gasteiger partial charge on any atom is -0.341 e. The second kappa shape index (κ2) is 6.60. The molecule has 0 spiro atoms. The topological polar surface area (TPSA) is 60.9 Å². The second-order valence-corrected chi connectivity index (χ2v) is 8.55. The summed E-state index contributed by atoms with van der Waals surface area (Å²) in [5, 5.41) is -0.736. The molecule has 0 N–H and O–H groups in total. The number of hydrogen-bond donors (Lipinski definition) is 0. The normalized spacial score (nSPS) is 26.4. The van der Waals surface area contributed by atoms with Crippen molar-refractivity contribution in [1.29, 1.82) is 0 Å². The number of carbonyl (C=O) groups is 1. The Bertz CT molecular complexity index is 449. The number of hydrogen-bond acceptors (Lipinski definition) is 5. The Morgan fingerprint density at radius 2 is 1.85 bits per heavy atom. The Balaban J connectivity index is 1.71. The molecule has 0 aromatic carbocycles. The zero-order valence-electron chi connectivity index (χ0n) is 11.8. The standard InChI is InChI=1S/C12H22ClN3O3S/c1-14-5-7-15(8-6-14)3-2-4-16-10-11(9-12(16)17)20(13,18)19/h11H,2-10H2,1H3. The van der Waals surface area contributed by atoms with Crippen LogP contribution < -0.4 is 0 Å². The lowest BCUT2D eigenvalue weighted by molar-refractivity contribution is -0.127. The van der Waals surface area contributed by atoms with Crippen LogP contribution >= 0.6 is 10.7 Å². The molecule has 0 radical (unpaired) electrons. The molecule has 0 aromatic rings. The number of amides is 1. The summed E-state index contributed by atoms with van der Waals surface area (Å²) in [4.78, 5) is 18.1. The molecule has 1 amide bonds. The number of carbonyl (C=O) groups excluding carboxylic acids is 1. The van der Waals surface area contributed by atoms with Crippen LogP contribution in [0.25, 0.3) is 0 Å². The number of likely N-dealkylation sites (N-methyl/N-ethyl adjacent to an activating group) is 1. The molecule has 0 aromatic heterocycles. The van der Waals surface area contributed by atoms with Crippen molar-refractivity contribution < 1.29 is 13.2 Å². The monoisotopic (exact) mass is 323 g/mol. The van der Waals surface area contributed by atoms with E-state index in [1.165, 1.54) is 0 Å².